The van der Waals surface area contributed by atoms with E-state index in [4.69, 9.17) is 0 Å². The van der Waals surface area contributed by atoms with Crippen LogP contribution in [-0.2, 0) is 0 Å². The number of carbonyl (C=O) groups excluding carboxylic acids is 1. The highest BCUT2D eigenvalue weighted by molar-refractivity contribution is 7.28. The number of carbonyl (C=O) groups is 1. The number of hydrogen-bond donors (Lipinski definition) is 1. The summed E-state index contributed by atoms with van der Waals surface area (Å²) in [6, 6.07) is 7.70. The topological polar surface area (TPSA) is 37.3 Å². The number of benzene rings is 1. The molecule has 94 valence electrons. The maximum Gasteiger partial charge on any atom is 0.330 e. The summed E-state index contributed by atoms with van der Waals surface area (Å²) in [7, 11) is 0. The normalized spacial score (nSPS) is 11.8. The molecule has 0 aliphatic heterocycles. The third kappa shape index (κ3) is 2.35. The average Bonchev–Trinajstić information content (AvgIpc) is 2.70. The molecule has 1 aromatic heterocycles. The lowest BCUT2D eigenvalue weighted by Crippen LogP contribution is -2.22. The molecule has 18 heavy (non-hydrogen) atoms. The van der Waals surface area contributed by atoms with E-state index in [0.29, 0.717) is 0 Å². The molecule has 0 atom stereocenters. The van der Waals surface area contributed by atoms with E-state index in [0.717, 1.165) is 20.4 Å². The van der Waals surface area contributed by atoms with Gasteiger partial charge in [-0.25, -0.2) is 0 Å². The van der Waals surface area contributed by atoms with Gasteiger partial charge in [-0.2, -0.15) is 0 Å². The van der Waals surface area contributed by atoms with Crippen molar-refractivity contribution in [2.24, 2.45) is 5.41 Å². The molecule has 0 bridgehead atoms. The van der Waals surface area contributed by atoms with Crippen LogP contribution in [0.1, 0.15) is 31.1 Å². The number of hydrogen-bond acceptors (Lipinski definition) is 3. The Morgan fingerprint density at radius 1 is 1.33 bits per heavy atom. The van der Waals surface area contributed by atoms with Crippen LogP contribution in [0.15, 0.2) is 24.3 Å². The summed E-state index contributed by atoms with van der Waals surface area (Å²) in [6.45, 7) is 7.04. The number of ketones is 1. The van der Waals surface area contributed by atoms with Crippen molar-refractivity contribution in [1.82, 2.24) is 0 Å². The molecule has 1 heterocycles. The Bertz CT molecular complexity index is 593. The number of rotatable bonds is 2. The van der Waals surface area contributed by atoms with Gasteiger partial charge in [0.05, 0.1) is 0 Å². The summed E-state index contributed by atoms with van der Waals surface area (Å²) in [5.74, 6) is 0.142. The minimum absolute atomic E-state index is 0.142. The second-order valence-electron chi connectivity index (χ2n) is 5.62. The van der Waals surface area contributed by atoms with Gasteiger partial charge in [0, 0.05) is 25.8 Å². The highest BCUT2D eigenvalue weighted by Crippen LogP contribution is 2.28. The van der Waals surface area contributed by atoms with Crippen molar-refractivity contribution in [3.05, 3.63) is 29.8 Å². The van der Waals surface area contributed by atoms with Crippen LogP contribution >= 0.6 is 11.3 Å². The third-order valence-electron chi connectivity index (χ3n) is 2.92. The van der Waals surface area contributed by atoms with E-state index < -0.39 is 6.92 Å². The van der Waals surface area contributed by atoms with Crippen LogP contribution in [0.25, 0.3) is 10.1 Å². The predicted molar refractivity (Wildman–Crippen MR) is 79.1 cm³/mol. The fraction of sp³-hybridized carbons (Fsp3) is 0.357. The zero-order chi connectivity index (χ0) is 13.5. The van der Waals surface area contributed by atoms with E-state index in [-0.39, 0.29) is 11.2 Å². The van der Waals surface area contributed by atoms with Crippen LogP contribution in [-0.4, -0.2) is 17.7 Å². The standard InChI is InChI=1S/C14H17BO2S/c1-14(2,3)13(16)9-6-5-7-11-10(9)8-12(18-11)15(4)17/h5-8,17H,1-4H3. The first kappa shape index (κ1) is 13.3. The van der Waals surface area contributed by atoms with Crippen LogP contribution in [0.4, 0.5) is 0 Å². The lowest BCUT2D eigenvalue weighted by atomic mass is 9.70. The highest BCUT2D eigenvalue weighted by Gasteiger charge is 2.25. The van der Waals surface area contributed by atoms with Crippen LogP contribution < -0.4 is 4.78 Å². The van der Waals surface area contributed by atoms with Crippen molar-refractivity contribution in [3.63, 3.8) is 0 Å². The first-order valence-electron chi connectivity index (χ1n) is 6.06. The smallest absolute Gasteiger partial charge is 0.330 e. The number of thiophene rings is 1. The Kier molecular flexibility index (Phi) is 3.34. The lowest BCUT2D eigenvalue weighted by molar-refractivity contribution is 0.0860. The molecule has 2 rings (SSSR count). The molecule has 0 spiro atoms. The average molecular weight is 260 g/mol. The summed E-state index contributed by atoms with van der Waals surface area (Å²) in [6.07, 6.45) is 0. The van der Waals surface area contributed by atoms with E-state index in [9.17, 15) is 9.82 Å². The summed E-state index contributed by atoms with van der Waals surface area (Å²) >= 11 is 1.55. The minimum Gasteiger partial charge on any atom is -0.446 e. The molecule has 0 radical (unpaired) electrons. The van der Waals surface area contributed by atoms with Gasteiger partial charge in [-0.05, 0) is 12.1 Å². The Hall–Kier alpha value is -1.13. The van der Waals surface area contributed by atoms with Crippen molar-refractivity contribution in [2.75, 3.05) is 0 Å². The molecule has 0 saturated carbocycles. The van der Waals surface area contributed by atoms with Gasteiger partial charge in [-0.1, -0.05) is 39.7 Å². The molecule has 2 aromatic rings. The van der Waals surface area contributed by atoms with Crippen LogP contribution in [0.2, 0.25) is 6.82 Å². The van der Waals surface area contributed by atoms with Crippen LogP contribution in [0, 0.1) is 5.41 Å². The maximum absolute atomic E-state index is 12.4. The quantitative estimate of drug-likeness (QED) is 0.665. The molecule has 2 nitrogen and oxygen atoms in total. The largest absolute Gasteiger partial charge is 0.446 e. The van der Waals surface area contributed by atoms with Gasteiger partial charge in [0.15, 0.2) is 5.78 Å². The Balaban J connectivity index is 2.62. The van der Waals surface area contributed by atoms with E-state index in [1.165, 1.54) is 0 Å². The van der Waals surface area contributed by atoms with Gasteiger partial charge in [-0.3, -0.25) is 4.79 Å². The SMILES string of the molecule is CB(O)c1cc2c(C(=O)C(C)(C)C)cccc2s1. The molecule has 0 saturated heterocycles. The second-order valence-corrected chi connectivity index (χ2v) is 6.74. The zero-order valence-electron chi connectivity index (χ0n) is 11.2. The maximum atomic E-state index is 12.4. The summed E-state index contributed by atoms with van der Waals surface area (Å²) in [4.78, 5) is 12.4. The number of fused-ring (bicyclic) bond motifs is 1. The second kappa shape index (κ2) is 4.52. The fourth-order valence-corrected chi connectivity index (χ4v) is 2.92. The van der Waals surface area contributed by atoms with Gasteiger partial charge in [0.2, 0.25) is 0 Å². The molecule has 4 heteroatoms. The Morgan fingerprint density at radius 3 is 2.56 bits per heavy atom. The molecule has 1 aromatic carbocycles. The molecular formula is C14H17BO2S. The first-order chi connectivity index (χ1) is 8.30. The van der Waals surface area contributed by atoms with E-state index in [1.807, 2.05) is 45.0 Å². The van der Waals surface area contributed by atoms with Crippen LogP contribution in [0.5, 0.6) is 0 Å². The molecule has 0 unspecified atom stereocenters. The van der Waals surface area contributed by atoms with Crippen LogP contribution in [0.3, 0.4) is 0 Å². The van der Waals surface area contributed by atoms with Gasteiger partial charge >= 0.3 is 6.92 Å². The molecule has 0 aliphatic rings. The van der Waals surface area contributed by atoms with Crippen molar-refractivity contribution < 1.29 is 9.82 Å². The van der Waals surface area contributed by atoms with E-state index in [1.54, 1.807) is 18.2 Å². The van der Waals surface area contributed by atoms with Crippen molar-refractivity contribution >= 4 is 38.9 Å². The minimum atomic E-state index is -0.486. The molecule has 0 aliphatic carbocycles. The highest BCUT2D eigenvalue weighted by atomic mass is 32.1. The van der Waals surface area contributed by atoms with Gasteiger partial charge in [0.25, 0.3) is 0 Å². The Morgan fingerprint density at radius 2 is 2.00 bits per heavy atom. The lowest BCUT2D eigenvalue weighted by Gasteiger charge is -2.17. The van der Waals surface area contributed by atoms with Crippen molar-refractivity contribution in [1.29, 1.82) is 0 Å². The van der Waals surface area contributed by atoms with Gasteiger partial charge < -0.3 is 5.02 Å². The van der Waals surface area contributed by atoms with Gasteiger partial charge in [0.1, 0.15) is 0 Å². The van der Waals surface area contributed by atoms with E-state index in [2.05, 4.69) is 0 Å². The first-order valence-corrected chi connectivity index (χ1v) is 6.87. The monoisotopic (exact) mass is 260 g/mol. The summed E-state index contributed by atoms with van der Waals surface area (Å²) in [5, 5.41) is 10.6. The molecular weight excluding hydrogens is 243 g/mol. The fourth-order valence-electron chi connectivity index (χ4n) is 1.89. The molecule has 0 amide bonds. The zero-order valence-corrected chi connectivity index (χ0v) is 12.0. The summed E-state index contributed by atoms with van der Waals surface area (Å²) in [5.41, 5.74) is 0.365. The molecule has 1 N–H and O–H groups in total. The van der Waals surface area contributed by atoms with Crippen molar-refractivity contribution in [3.8, 4) is 0 Å². The van der Waals surface area contributed by atoms with Crippen molar-refractivity contribution in [2.45, 2.75) is 27.6 Å². The predicted octanol–water partition coefficient (Wildman–Crippen LogP) is 2.95. The molecule has 0 fully saturated rings. The van der Waals surface area contributed by atoms with E-state index >= 15 is 0 Å². The van der Waals surface area contributed by atoms with Gasteiger partial charge in [-0.15, -0.1) is 11.3 Å². The Labute approximate surface area is 112 Å². The number of Topliss-reactive ketones (excluding diaryl/α,β-unsaturated/α-hetero) is 1. The third-order valence-corrected chi connectivity index (χ3v) is 4.19. The summed E-state index contributed by atoms with van der Waals surface area (Å²) < 4.78 is 1.96.